The number of nitrogens with two attached hydrogens (primary N) is 1. The number of hydrogen-bond donors (Lipinski definition) is 1. The number of pyridine rings is 1. The minimum absolute atomic E-state index is 0.398. The summed E-state index contributed by atoms with van der Waals surface area (Å²) < 4.78 is 0. The van der Waals surface area contributed by atoms with Gasteiger partial charge in [0.1, 0.15) is 0 Å². The zero-order valence-electron chi connectivity index (χ0n) is 9.55. The standard InChI is InChI=1S/C13H19N3/c14-13-9-16(8-12(13)11-1-2-11)7-10-3-5-15-6-4-10/h3-6,11-13H,1-2,7-9,14H2/t12-,13+/m1/s1. The van der Waals surface area contributed by atoms with Gasteiger partial charge in [-0.05, 0) is 42.4 Å². The summed E-state index contributed by atoms with van der Waals surface area (Å²) in [5, 5.41) is 0. The van der Waals surface area contributed by atoms with Gasteiger partial charge in [0.25, 0.3) is 0 Å². The van der Waals surface area contributed by atoms with Crippen LogP contribution in [-0.2, 0) is 6.54 Å². The van der Waals surface area contributed by atoms with Crippen LogP contribution in [0.25, 0.3) is 0 Å². The van der Waals surface area contributed by atoms with Crippen molar-refractivity contribution >= 4 is 0 Å². The first-order valence-corrected chi connectivity index (χ1v) is 6.20. The van der Waals surface area contributed by atoms with E-state index >= 15 is 0 Å². The molecule has 1 aliphatic heterocycles. The third-order valence-electron chi connectivity index (χ3n) is 3.87. The Morgan fingerprint density at radius 1 is 1.25 bits per heavy atom. The predicted molar refractivity (Wildman–Crippen MR) is 63.7 cm³/mol. The maximum absolute atomic E-state index is 6.21. The highest BCUT2D eigenvalue weighted by atomic mass is 15.2. The minimum atomic E-state index is 0.398. The largest absolute Gasteiger partial charge is 0.326 e. The van der Waals surface area contributed by atoms with Crippen molar-refractivity contribution in [3.8, 4) is 0 Å². The molecule has 0 amide bonds. The summed E-state index contributed by atoms with van der Waals surface area (Å²) in [5.41, 5.74) is 7.56. The fraction of sp³-hybridized carbons (Fsp3) is 0.615. The summed E-state index contributed by atoms with van der Waals surface area (Å²) in [5.74, 6) is 1.68. The van der Waals surface area contributed by atoms with Crippen molar-refractivity contribution in [1.29, 1.82) is 0 Å². The molecular weight excluding hydrogens is 198 g/mol. The van der Waals surface area contributed by atoms with Gasteiger partial charge >= 0.3 is 0 Å². The van der Waals surface area contributed by atoms with Crippen LogP contribution >= 0.6 is 0 Å². The normalized spacial score (nSPS) is 30.8. The lowest BCUT2D eigenvalue weighted by Crippen LogP contribution is -2.30. The van der Waals surface area contributed by atoms with E-state index in [1.54, 1.807) is 0 Å². The van der Waals surface area contributed by atoms with Gasteiger partial charge in [0, 0.05) is 38.1 Å². The third-order valence-corrected chi connectivity index (χ3v) is 3.87. The van der Waals surface area contributed by atoms with E-state index in [0.717, 1.165) is 24.9 Å². The fourth-order valence-corrected chi connectivity index (χ4v) is 2.84. The fourth-order valence-electron chi connectivity index (χ4n) is 2.84. The second-order valence-electron chi connectivity index (χ2n) is 5.21. The summed E-state index contributed by atoms with van der Waals surface area (Å²) >= 11 is 0. The Bertz CT molecular complexity index is 347. The first-order valence-electron chi connectivity index (χ1n) is 6.20. The molecule has 0 unspecified atom stereocenters. The summed E-state index contributed by atoms with van der Waals surface area (Å²) in [7, 11) is 0. The number of rotatable bonds is 3. The van der Waals surface area contributed by atoms with Gasteiger partial charge in [-0.25, -0.2) is 0 Å². The highest BCUT2D eigenvalue weighted by molar-refractivity contribution is 5.10. The molecule has 2 heterocycles. The molecule has 2 atom stereocenters. The minimum Gasteiger partial charge on any atom is -0.326 e. The molecule has 3 heteroatoms. The van der Waals surface area contributed by atoms with E-state index in [1.165, 1.54) is 24.9 Å². The van der Waals surface area contributed by atoms with Crippen LogP contribution in [0.3, 0.4) is 0 Å². The summed E-state index contributed by atoms with van der Waals surface area (Å²) in [6, 6.07) is 4.58. The number of aromatic nitrogens is 1. The molecular formula is C13H19N3. The van der Waals surface area contributed by atoms with Gasteiger partial charge < -0.3 is 5.73 Å². The third kappa shape index (κ3) is 2.11. The molecule has 1 aromatic rings. The van der Waals surface area contributed by atoms with Crippen LogP contribution in [0.2, 0.25) is 0 Å². The smallest absolute Gasteiger partial charge is 0.0271 e. The van der Waals surface area contributed by atoms with Crippen LogP contribution in [0.1, 0.15) is 18.4 Å². The van der Waals surface area contributed by atoms with E-state index in [0.29, 0.717) is 6.04 Å². The second-order valence-corrected chi connectivity index (χ2v) is 5.21. The lowest BCUT2D eigenvalue weighted by Gasteiger charge is -2.15. The maximum atomic E-state index is 6.21. The number of nitrogens with zero attached hydrogens (tertiary/aromatic N) is 2. The molecule has 1 saturated carbocycles. The molecule has 2 N–H and O–H groups in total. The maximum Gasteiger partial charge on any atom is 0.0271 e. The molecule has 2 fully saturated rings. The second kappa shape index (κ2) is 4.15. The van der Waals surface area contributed by atoms with Crippen LogP contribution in [0.15, 0.2) is 24.5 Å². The van der Waals surface area contributed by atoms with Crippen LogP contribution in [-0.4, -0.2) is 29.0 Å². The van der Waals surface area contributed by atoms with Gasteiger partial charge in [-0.1, -0.05) is 0 Å². The van der Waals surface area contributed by atoms with Crippen molar-refractivity contribution in [3.63, 3.8) is 0 Å². The highest BCUT2D eigenvalue weighted by Gasteiger charge is 2.40. The monoisotopic (exact) mass is 217 g/mol. The Labute approximate surface area is 96.7 Å². The molecule has 16 heavy (non-hydrogen) atoms. The Kier molecular flexibility index (Phi) is 2.65. The highest BCUT2D eigenvalue weighted by Crippen LogP contribution is 2.41. The first kappa shape index (κ1) is 10.2. The molecule has 3 nitrogen and oxygen atoms in total. The first-order chi connectivity index (χ1) is 7.83. The van der Waals surface area contributed by atoms with E-state index < -0.39 is 0 Å². The molecule has 0 spiro atoms. The molecule has 0 radical (unpaired) electrons. The number of likely N-dealkylation sites (tertiary alicyclic amines) is 1. The number of hydrogen-bond acceptors (Lipinski definition) is 3. The van der Waals surface area contributed by atoms with Crippen molar-refractivity contribution in [1.82, 2.24) is 9.88 Å². The predicted octanol–water partition coefficient (Wildman–Crippen LogP) is 1.25. The van der Waals surface area contributed by atoms with E-state index in [-0.39, 0.29) is 0 Å². The van der Waals surface area contributed by atoms with E-state index in [1.807, 2.05) is 12.4 Å². The van der Waals surface area contributed by atoms with Crippen LogP contribution in [0.5, 0.6) is 0 Å². The van der Waals surface area contributed by atoms with Crippen LogP contribution in [0, 0.1) is 11.8 Å². The van der Waals surface area contributed by atoms with Crippen LogP contribution in [0.4, 0.5) is 0 Å². The van der Waals surface area contributed by atoms with Crippen LogP contribution < -0.4 is 5.73 Å². The molecule has 0 bridgehead atoms. The van der Waals surface area contributed by atoms with Gasteiger partial charge in [-0.15, -0.1) is 0 Å². The van der Waals surface area contributed by atoms with Crippen molar-refractivity contribution in [2.75, 3.05) is 13.1 Å². The topological polar surface area (TPSA) is 42.1 Å². The molecule has 0 aromatic carbocycles. The molecule has 3 rings (SSSR count). The zero-order valence-corrected chi connectivity index (χ0v) is 9.55. The van der Waals surface area contributed by atoms with Crippen molar-refractivity contribution in [2.24, 2.45) is 17.6 Å². The lowest BCUT2D eigenvalue weighted by atomic mass is 9.99. The Balaban J connectivity index is 1.61. The van der Waals surface area contributed by atoms with E-state index in [9.17, 15) is 0 Å². The van der Waals surface area contributed by atoms with E-state index in [4.69, 9.17) is 5.73 Å². The Hall–Kier alpha value is -0.930. The van der Waals surface area contributed by atoms with Crippen molar-refractivity contribution in [3.05, 3.63) is 30.1 Å². The van der Waals surface area contributed by atoms with Gasteiger partial charge in [0.05, 0.1) is 0 Å². The van der Waals surface area contributed by atoms with Gasteiger partial charge in [-0.2, -0.15) is 0 Å². The Morgan fingerprint density at radius 2 is 2.00 bits per heavy atom. The Morgan fingerprint density at radius 3 is 2.69 bits per heavy atom. The summed E-state index contributed by atoms with van der Waals surface area (Å²) in [6.07, 6.45) is 6.54. The van der Waals surface area contributed by atoms with Gasteiger partial charge in [-0.3, -0.25) is 9.88 Å². The lowest BCUT2D eigenvalue weighted by molar-refractivity contribution is 0.309. The van der Waals surface area contributed by atoms with Gasteiger partial charge in [0.2, 0.25) is 0 Å². The summed E-state index contributed by atoms with van der Waals surface area (Å²) in [6.45, 7) is 3.27. The quantitative estimate of drug-likeness (QED) is 0.828. The van der Waals surface area contributed by atoms with Crippen molar-refractivity contribution in [2.45, 2.75) is 25.4 Å². The average Bonchev–Trinajstić information content (AvgIpc) is 3.06. The molecule has 86 valence electrons. The molecule has 1 saturated heterocycles. The SMILES string of the molecule is N[C@H]1CN(Cc2ccncc2)C[C@@H]1C1CC1. The van der Waals surface area contributed by atoms with E-state index in [2.05, 4.69) is 22.0 Å². The molecule has 1 aromatic heterocycles. The molecule has 1 aliphatic carbocycles. The average molecular weight is 217 g/mol. The van der Waals surface area contributed by atoms with Crippen molar-refractivity contribution < 1.29 is 0 Å². The summed E-state index contributed by atoms with van der Waals surface area (Å²) in [4.78, 5) is 6.53. The van der Waals surface area contributed by atoms with Gasteiger partial charge in [0.15, 0.2) is 0 Å². The molecule has 2 aliphatic rings. The zero-order chi connectivity index (χ0) is 11.0.